The number of aromatic nitrogens is 3. The highest BCUT2D eigenvalue weighted by molar-refractivity contribution is 7.07. The van der Waals surface area contributed by atoms with E-state index >= 15 is 0 Å². The Kier molecular flexibility index (Phi) is 3.10. The first-order valence-corrected chi connectivity index (χ1v) is 5.91. The van der Waals surface area contributed by atoms with Gasteiger partial charge < -0.3 is 5.32 Å². The maximum absolute atomic E-state index is 11.7. The first kappa shape index (κ1) is 11.6. The summed E-state index contributed by atoms with van der Waals surface area (Å²) < 4.78 is 1.43. The van der Waals surface area contributed by atoms with Crippen LogP contribution in [0.2, 0.25) is 0 Å². The van der Waals surface area contributed by atoms with Crippen LogP contribution in [0.1, 0.15) is 11.4 Å². The van der Waals surface area contributed by atoms with Gasteiger partial charge >= 0.3 is 4.87 Å². The van der Waals surface area contributed by atoms with Crippen LogP contribution < -0.4 is 10.2 Å². The molecule has 0 aliphatic rings. The van der Waals surface area contributed by atoms with Gasteiger partial charge in [-0.05, 0) is 13.8 Å². The number of rotatable bonds is 3. The van der Waals surface area contributed by atoms with Gasteiger partial charge in [0.25, 0.3) is 0 Å². The lowest BCUT2D eigenvalue weighted by Crippen LogP contribution is -2.25. The monoisotopic (exact) mass is 252 g/mol. The van der Waals surface area contributed by atoms with Crippen molar-refractivity contribution in [1.82, 2.24) is 14.8 Å². The molecule has 0 bridgehead atoms. The number of nitrogens with zero attached hydrogens (tertiary/aromatic N) is 2. The average Bonchev–Trinajstić information content (AvgIpc) is 2.79. The van der Waals surface area contributed by atoms with Crippen molar-refractivity contribution in [3.05, 3.63) is 32.5 Å². The Morgan fingerprint density at radius 2 is 2.35 bits per heavy atom. The molecule has 0 aliphatic heterocycles. The molecule has 2 heterocycles. The highest BCUT2D eigenvalue weighted by Gasteiger charge is 2.09. The van der Waals surface area contributed by atoms with Crippen molar-refractivity contribution in [3.8, 4) is 0 Å². The number of anilines is 1. The predicted molar refractivity (Wildman–Crippen MR) is 65.3 cm³/mol. The number of hydrogen-bond donors (Lipinski definition) is 2. The lowest BCUT2D eigenvalue weighted by atomic mass is 10.4. The minimum absolute atomic E-state index is 0.0140. The molecule has 0 aliphatic carbocycles. The molecule has 2 rings (SSSR count). The standard InChI is InChI=1S/C10H12N4O2S/c1-6-3-8(13-12-6)11-9(15)4-14-7(2)5-17-10(14)16/h3,5H,4H2,1-2H3,(H2,11,12,13,15). The van der Waals surface area contributed by atoms with E-state index in [1.807, 2.05) is 6.92 Å². The highest BCUT2D eigenvalue weighted by Crippen LogP contribution is 2.04. The number of aryl methyl sites for hydroxylation is 2. The molecule has 2 aromatic rings. The molecular weight excluding hydrogens is 240 g/mol. The molecule has 0 saturated carbocycles. The van der Waals surface area contributed by atoms with E-state index in [2.05, 4.69) is 15.5 Å². The van der Waals surface area contributed by atoms with Crippen molar-refractivity contribution in [2.75, 3.05) is 5.32 Å². The summed E-state index contributed by atoms with van der Waals surface area (Å²) in [4.78, 5) is 23.0. The molecule has 0 radical (unpaired) electrons. The van der Waals surface area contributed by atoms with Crippen LogP contribution >= 0.6 is 11.3 Å². The van der Waals surface area contributed by atoms with Crippen LogP contribution in [0.3, 0.4) is 0 Å². The van der Waals surface area contributed by atoms with Crippen LogP contribution in [-0.2, 0) is 11.3 Å². The molecular formula is C10H12N4O2S. The van der Waals surface area contributed by atoms with Gasteiger partial charge in [-0.1, -0.05) is 11.3 Å². The molecule has 7 heteroatoms. The van der Waals surface area contributed by atoms with E-state index in [1.54, 1.807) is 18.4 Å². The molecule has 90 valence electrons. The fraction of sp³-hybridized carbons (Fsp3) is 0.300. The predicted octanol–water partition coefficient (Wildman–Crippen LogP) is 0.888. The van der Waals surface area contributed by atoms with Crippen LogP contribution in [0.25, 0.3) is 0 Å². The summed E-state index contributed by atoms with van der Waals surface area (Å²) >= 11 is 1.09. The van der Waals surface area contributed by atoms with E-state index in [1.165, 1.54) is 4.57 Å². The molecule has 1 amide bonds. The first-order chi connectivity index (χ1) is 8.06. The zero-order valence-electron chi connectivity index (χ0n) is 9.48. The van der Waals surface area contributed by atoms with Gasteiger partial charge in [0, 0.05) is 22.8 Å². The van der Waals surface area contributed by atoms with Gasteiger partial charge in [-0.15, -0.1) is 0 Å². The Morgan fingerprint density at radius 3 is 2.88 bits per heavy atom. The van der Waals surface area contributed by atoms with Gasteiger partial charge in [0.15, 0.2) is 5.82 Å². The summed E-state index contributed by atoms with van der Waals surface area (Å²) in [6.07, 6.45) is 0. The van der Waals surface area contributed by atoms with Gasteiger partial charge in [0.1, 0.15) is 6.54 Å². The Labute approximate surface area is 101 Å². The molecule has 0 atom stereocenters. The maximum atomic E-state index is 11.7. The quantitative estimate of drug-likeness (QED) is 0.851. The molecule has 0 aromatic carbocycles. The molecule has 0 fully saturated rings. The van der Waals surface area contributed by atoms with Crippen LogP contribution in [-0.4, -0.2) is 20.7 Å². The number of aromatic amines is 1. The van der Waals surface area contributed by atoms with Crippen molar-refractivity contribution >= 4 is 23.1 Å². The fourth-order valence-electron chi connectivity index (χ4n) is 1.40. The van der Waals surface area contributed by atoms with Crippen molar-refractivity contribution in [3.63, 3.8) is 0 Å². The van der Waals surface area contributed by atoms with Crippen molar-refractivity contribution < 1.29 is 4.79 Å². The summed E-state index contributed by atoms with van der Waals surface area (Å²) in [7, 11) is 0. The third-order valence-electron chi connectivity index (χ3n) is 2.25. The second kappa shape index (κ2) is 4.54. The summed E-state index contributed by atoms with van der Waals surface area (Å²) in [5.41, 5.74) is 1.65. The summed E-state index contributed by atoms with van der Waals surface area (Å²) in [5.74, 6) is 0.202. The zero-order chi connectivity index (χ0) is 12.4. The van der Waals surface area contributed by atoms with Gasteiger partial charge in [0.05, 0.1) is 0 Å². The topological polar surface area (TPSA) is 79.8 Å². The minimum atomic E-state index is -0.264. The number of amides is 1. The Bertz CT molecular complexity index is 595. The van der Waals surface area contributed by atoms with E-state index in [-0.39, 0.29) is 17.3 Å². The summed E-state index contributed by atoms with van der Waals surface area (Å²) in [6, 6.07) is 1.72. The normalized spacial score (nSPS) is 10.5. The summed E-state index contributed by atoms with van der Waals surface area (Å²) in [6.45, 7) is 3.65. The average molecular weight is 252 g/mol. The largest absolute Gasteiger partial charge is 0.308 e. The second-order valence-electron chi connectivity index (χ2n) is 3.71. The van der Waals surface area contributed by atoms with Gasteiger partial charge in [-0.2, -0.15) is 5.10 Å². The Balaban J connectivity index is 2.05. The molecule has 0 unspecified atom stereocenters. The van der Waals surface area contributed by atoms with Gasteiger partial charge in [0.2, 0.25) is 5.91 Å². The molecule has 2 aromatic heterocycles. The molecule has 17 heavy (non-hydrogen) atoms. The molecule has 0 spiro atoms. The van der Waals surface area contributed by atoms with Crippen LogP contribution in [0.5, 0.6) is 0 Å². The number of hydrogen-bond acceptors (Lipinski definition) is 4. The van der Waals surface area contributed by atoms with Crippen molar-refractivity contribution in [2.24, 2.45) is 0 Å². The summed E-state index contributed by atoms with van der Waals surface area (Å²) in [5, 5.41) is 11.0. The number of H-pyrrole nitrogens is 1. The third kappa shape index (κ3) is 2.62. The third-order valence-corrected chi connectivity index (χ3v) is 3.13. The van der Waals surface area contributed by atoms with Crippen LogP contribution in [0.4, 0.5) is 5.82 Å². The van der Waals surface area contributed by atoms with Crippen LogP contribution in [0.15, 0.2) is 16.2 Å². The van der Waals surface area contributed by atoms with Gasteiger partial charge in [-0.3, -0.25) is 19.3 Å². The fourth-order valence-corrected chi connectivity index (χ4v) is 2.14. The number of nitrogens with one attached hydrogen (secondary N) is 2. The zero-order valence-corrected chi connectivity index (χ0v) is 10.3. The number of thiazole rings is 1. The van der Waals surface area contributed by atoms with E-state index in [4.69, 9.17) is 0 Å². The lowest BCUT2D eigenvalue weighted by molar-refractivity contribution is -0.116. The SMILES string of the molecule is Cc1cc(NC(=O)Cn2c(C)csc2=O)n[nH]1. The van der Waals surface area contributed by atoms with Crippen LogP contribution in [0, 0.1) is 13.8 Å². The second-order valence-corrected chi connectivity index (χ2v) is 4.53. The maximum Gasteiger partial charge on any atom is 0.307 e. The number of carbonyl (C=O) groups excluding carboxylic acids is 1. The smallest absolute Gasteiger partial charge is 0.307 e. The highest BCUT2D eigenvalue weighted by atomic mass is 32.1. The Hall–Kier alpha value is -1.89. The minimum Gasteiger partial charge on any atom is -0.308 e. The van der Waals surface area contributed by atoms with Gasteiger partial charge in [-0.25, -0.2) is 0 Å². The first-order valence-electron chi connectivity index (χ1n) is 5.03. The molecule has 2 N–H and O–H groups in total. The molecule has 0 saturated heterocycles. The van der Waals surface area contributed by atoms with Crippen molar-refractivity contribution in [1.29, 1.82) is 0 Å². The lowest BCUT2D eigenvalue weighted by Gasteiger charge is -2.03. The van der Waals surface area contributed by atoms with E-state index in [0.29, 0.717) is 5.82 Å². The van der Waals surface area contributed by atoms with E-state index < -0.39 is 0 Å². The molecule has 6 nitrogen and oxygen atoms in total. The van der Waals surface area contributed by atoms with Crippen molar-refractivity contribution in [2.45, 2.75) is 20.4 Å². The number of carbonyl (C=O) groups is 1. The van der Waals surface area contributed by atoms with E-state index in [0.717, 1.165) is 22.7 Å². The Morgan fingerprint density at radius 1 is 1.59 bits per heavy atom. The van der Waals surface area contributed by atoms with E-state index in [9.17, 15) is 9.59 Å².